The van der Waals surface area contributed by atoms with Gasteiger partial charge in [0.25, 0.3) is 5.91 Å². The van der Waals surface area contributed by atoms with Gasteiger partial charge in [-0.15, -0.1) is 11.3 Å². The van der Waals surface area contributed by atoms with Gasteiger partial charge in [0.15, 0.2) is 0 Å². The van der Waals surface area contributed by atoms with Crippen molar-refractivity contribution in [1.82, 2.24) is 14.8 Å². The van der Waals surface area contributed by atoms with Crippen LogP contribution in [0.4, 0.5) is 0 Å². The third-order valence-electron chi connectivity index (χ3n) is 3.32. The second-order valence-electron chi connectivity index (χ2n) is 4.65. The smallest absolute Gasteiger partial charge is 0.273 e. The predicted octanol–water partition coefficient (Wildman–Crippen LogP) is 1.62. The maximum Gasteiger partial charge on any atom is 0.273 e. The Balaban J connectivity index is 1.82. The molecule has 0 N–H and O–H groups in total. The summed E-state index contributed by atoms with van der Waals surface area (Å²) in [5, 5.41) is 1.76. The molecule has 0 atom stereocenters. The molecule has 0 aromatic carbocycles. The number of rotatable bonds is 4. The van der Waals surface area contributed by atoms with Crippen molar-refractivity contribution in [1.29, 1.82) is 0 Å². The fourth-order valence-electron chi connectivity index (χ4n) is 2.13. The van der Waals surface area contributed by atoms with E-state index >= 15 is 0 Å². The summed E-state index contributed by atoms with van der Waals surface area (Å²) < 4.78 is 0. The van der Waals surface area contributed by atoms with Gasteiger partial charge in [-0.2, -0.15) is 0 Å². The van der Waals surface area contributed by atoms with E-state index in [0.717, 1.165) is 12.8 Å². The van der Waals surface area contributed by atoms with Crippen molar-refractivity contribution in [3.05, 3.63) is 16.6 Å². The number of piperazine rings is 1. The third-order valence-corrected chi connectivity index (χ3v) is 3.90. The van der Waals surface area contributed by atoms with Crippen LogP contribution >= 0.6 is 11.3 Å². The van der Waals surface area contributed by atoms with Crippen molar-refractivity contribution in [2.24, 2.45) is 0 Å². The van der Waals surface area contributed by atoms with Crippen molar-refractivity contribution < 1.29 is 9.59 Å². The molecule has 5 nitrogen and oxygen atoms in total. The highest BCUT2D eigenvalue weighted by molar-refractivity contribution is 7.07. The SMILES string of the molecule is CCCCC(=O)N1CCN(C(=O)c2cscn2)CC1. The van der Waals surface area contributed by atoms with Crippen LogP contribution < -0.4 is 0 Å². The standard InChI is InChI=1S/C13H19N3O2S/c1-2-3-4-12(17)15-5-7-16(8-6-15)13(18)11-9-19-10-14-11/h9-10H,2-8H2,1H3. The summed E-state index contributed by atoms with van der Waals surface area (Å²) in [5.41, 5.74) is 2.17. The number of hydrogen-bond donors (Lipinski definition) is 0. The molecule has 2 amide bonds. The molecule has 0 radical (unpaired) electrons. The van der Waals surface area contributed by atoms with E-state index in [4.69, 9.17) is 0 Å². The number of aromatic nitrogens is 1. The first-order valence-electron chi connectivity index (χ1n) is 6.67. The fraction of sp³-hybridized carbons (Fsp3) is 0.615. The first-order valence-corrected chi connectivity index (χ1v) is 7.62. The lowest BCUT2D eigenvalue weighted by molar-refractivity contribution is -0.132. The minimum Gasteiger partial charge on any atom is -0.339 e. The van der Waals surface area contributed by atoms with E-state index in [1.54, 1.807) is 15.8 Å². The van der Waals surface area contributed by atoms with Gasteiger partial charge >= 0.3 is 0 Å². The molecule has 0 aliphatic carbocycles. The second-order valence-corrected chi connectivity index (χ2v) is 5.37. The molecule has 1 aliphatic rings. The lowest BCUT2D eigenvalue weighted by Gasteiger charge is -2.34. The zero-order chi connectivity index (χ0) is 13.7. The Morgan fingerprint density at radius 2 is 1.95 bits per heavy atom. The summed E-state index contributed by atoms with van der Waals surface area (Å²) in [6, 6.07) is 0. The van der Waals surface area contributed by atoms with Gasteiger partial charge in [0.05, 0.1) is 5.51 Å². The molecule has 0 unspecified atom stereocenters. The highest BCUT2D eigenvalue weighted by atomic mass is 32.1. The van der Waals surface area contributed by atoms with Crippen LogP contribution in [0.1, 0.15) is 36.7 Å². The minimum absolute atomic E-state index is 0.0260. The van der Waals surface area contributed by atoms with Crippen LogP contribution in [-0.4, -0.2) is 52.8 Å². The van der Waals surface area contributed by atoms with E-state index in [9.17, 15) is 9.59 Å². The molecular formula is C13H19N3O2S. The van der Waals surface area contributed by atoms with Crippen molar-refractivity contribution in [2.75, 3.05) is 26.2 Å². The number of carbonyl (C=O) groups is 2. The highest BCUT2D eigenvalue weighted by Crippen LogP contribution is 2.10. The monoisotopic (exact) mass is 281 g/mol. The van der Waals surface area contributed by atoms with Gasteiger partial charge in [-0.3, -0.25) is 9.59 Å². The molecule has 1 fully saturated rings. The molecule has 19 heavy (non-hydrogen) atoms. The maximum absolute atomic E-state index is 12.1. The van der Waals surface area contributed by atoms with Crippen LogP contribution in [0.15, 0.2) is 10.9 Å². The summed E-state index contributed by atoms with van der Waals surface area (Å²) in [5.74, 6) is 0.185. The van der Waals surface area contributed by atoms with Crippen molar-refractivity contribution in [3.8, 4) is 0 Å². The van der Waals surface area contributed by atoms with Crippen molar-refractivity contribution in [2.45, 2.75) is 26.2 Å². The molecule has 2 rings (SSSR count). The average molecular weight is 281 g/mol. The molecule has 0 saturated carbocycles. The minimum atomic E-state index is -0.0260. The molecule has 1 aliphatic heterocycles. The Morgan fingerprint density at radius 3 is 2.53 bits per heavy atom. The predicted molar refractivity (Wildman–Crippen MR) is 74.1 cm³/mol. The summed E-state index contributed by atoms with van der Waals surface area (Å²) in [6.07, 6.45) is 2.60. The molecule has 2 heterocycles. The van der Waals surface area contributed by atoms with Gasteiger partial charge in [-0.1, -0.05) is 13.3 Å². The van der Waals surface area contributed by atoms with E-state index in [2.05, 4.69) is 11.9 Å². The first-order chi connectivity index (χ1) is 9.22. The van der Waals surface area contributed by atoms with Crippen LogP contribution in [-0.2, 0) is 4.79 Å². The molecule has 0 bridgehead atoms. The van der Waals surface area contributed by atoms with Crippen molar-refractivity contribution >= 4 is 23.2 Å². The topological polar surface area (TPSA) is 53.5 Å². The van der Waals surface area contributed by atoms with Crippen LogP contribution in [0.5, 0.6) is 0 Å². The quantitative estimate of drug-likeness (QED) is 0.842. The van der Waals surface area contributed by atoms with Crippen LogP contribution in [0.2, 0.25) is 0 Å². The number of carbonyl (C=O) groups excluding carboxylic acids is 2. The molecule has 1 aromatic rings. The molecular weight excluding hydrogens is 262 g/mol. The van der Waals surface area contributed by atoms with Gasteiger partial charge in [-0.05, 0) is 6.42 Å². The van der Waals surface area contributed by atoms with Gasteiger partial charge in [0.1, 0.15) is 5.69 Å². The zero-order valence-corrected chi connectivity index (χ0v) is 12.0. The number of thiazole rings is 1. The zero-order valence-electron chi connectivity index (χ0n) is 11.2. The van der Waals surface area contributed by atoms with E-state index in [1.807, 2.05) is 4.90 Å². The Kier molecular flexibility index (Phi) is 4.90. The van der Waals surface area contributed by atoms with E-state index in [1.165, 1.54) is 11.3 Å². The molecule has 104 valence electrons. The molecule has 6 heteroatoms. The summed E-state index contributed by atoms with van der Waals surface area (Å²) in [6.45, 7) is 4.57. The highest BCUT2D eigenvalue weighted by Gasteiger charge is 2.25. The van der Waals surface area contributed by atoms with Gasteiger partial charge < -0.3 is 9.80 Å². The lowest BCUT2D eigenvalue weighted by atomic mass is 10.2. The largest absolute Gasteiger partial charge is 0.339 e. The van der Waals surface area contributed by atoms with E-state index in [0.29, 0.717) is 38.3 Å². The van der Waals surface area contributed by atoms with Crippen LogP contribution in [0.3, 0.4) is 0 Å². The lowest BCUT2D eigenvalue weighted by Crippen LogP contribution is -2.50. The van der Waals surface area contributed by atoms with Gasteiger partial charge in [0.2, 0.25) is 5.91 Å². The average Bonchev–Trinajstić information content (AvgIpc) is 2.98. The second kappa shape index (κ2) is 6.65. The normalized spacial score (nSPS) is 15.6. The number of unbranched alkanes of at least 4 members (excludes halogenated alkanes) is 1. The Labute approximate surface area is 117 Å². The fourth-order valence-corrected chi connectivity index (χ4v) is 2.65. The third kappa shape index (κ3) is 3.53. The maximum atomic E-state index is 12.1. The summed E-state index contributed by atoms with van der Waals surface area (Å²) >= 11 is 1.42. The van der Waals surface area contributed by atoms with E-state index in [-0.39, 0.29) is 11.8 Å². The van der Waals surface area contributed by atoms with Crippen LogP contribution in [0.25, 0.3) is 0 Å². The van der Waals surface area contributed by atoms with Gasteiger partial charge in [0, 0.05) is 38.0 Å². The van der Waals surface area contributed by atoms with Gasteiger partial charge in [-0.25, -0.2) is 4.98 Å². The Hall–Kier alpha value is -1.43. The Morgan fingerprint density at radius 1 is 1.26 bits per heavy atom. The molecule has 1 saturated heterocycles. The van der Waals surface area contributed by atoms with E-state index < -0.39 is 0 Å². The van der Waals surface area contributed by atoms with Crippen LogP contribution in [0, 0.1) is 0 Å². The number of amides is 2. The number of nitrogens with zero attached hydrogens (tertiary/aromatic N) is 3. The summed E-state index contributed by atoms with van der Waals surface area (Å²) in [7, 11) is 0. The summed E-state index contributed by atoms with van der Waals surface area (Å²) in [4.78, 5) is 31.6. The number of hydrogen-bond acceptors (Lipinski definition) is 4. The Bertz CT molecular complexity index is 425. The molecule has 0 spiro atoms. The first kappa shape index (κ1) is 14.0. The van der Waals surface area contributed by atoms with Crippen molar-refractivity contribution in [3.63, 3.8) is 0 Å². The molecule has 1 aromatic heterocycles.